The third-order valence-corrected chi connectivity index (χ3v) is 7.21. The third-order valence-electron chi connectivity index (χ3n) is 5.51. The number of nitrogens with zero attached hydrogens (tertiary/aromatic N) is 1. The number of rotatable bonds is 5. The molecule has 1 amide bonds. The molecule has 0 radical (unpaired) electrons. The molecule has 1 aromatic heterocycles. The first-order valence-electron chi connectivity index (χ1n) is 9.60. The highest BCUT2D eigenvalue weighted by atomic mass is 35.5. The number of hydrogen-bond acceptors (Lipinski definition) is 4. The van der Waals surface area contributed by atoms with Crippen molar-refractivity contribution in [1.82, 2.24) is 15.5 Å². The molecule has 26 heavy (non-hydrogen) atoms. The second-order valence-corrected chi connectivity index (χ2v) is 8.99. The van der Waals surface area contributed by atoms with E-state index in [9.17, 15) is 4.79 Å². The lowest BCUT2D eigenvalue weighted by molar-refractivity contribution is -0.123. The first kappa shape index (κ1) is 18.2. The van der Waals surface area contributed by atoms with Crippen LogP contribution in [0.2, 0.25) is 5.02 Å². The summed E-state index contributed by atoms with van der Waals surface area (Å²) in [5, 5.41) is 8.51. The van der Waals surface area contributed by atoms with Gasteiger partial charge in [0, 0.05) is 34.6 Å². The number of amides is 1. The average molecular weight is 392 g/mol. The standard InChI is InChI=1S/C20H26ClN3OS/c21-19-15-6-1-2-8-17(15)26-18(19)13-24-10-4-5-14(12-24)11-23-20(25)16-7-3-9-22-16/h1-2,6,8,14,16,22H,3-5,7,9-13H2,(H,23,25). The Hall–Kier alpha value is -1.14. The number of piperidine rings is 1. The Morgan fingerprint density at radius 3 is 3.00 bits per heavy atom. The minimum absolute atomic E-state index is 0.0204. The summed E-state index contributed by atoms with van der Waals surface area (Å²) in [6.45, 7) is 4.80. The van der Waals surface area contributed by atoms with Gasteiger partial charge in [0.05, 0.1) is 11.1 Å². The van der Waals surface area contributed by atoms with Crippen LogP contribution in [0.4, 0.5) is 0 Å². The summed E-state index contributed by atoms with van der Waals surface area (Å²) in [5.74, 6) is 0.703. The number of hydrogen-bond donors (Lipinski definition) is 2. The number of benzene rings is 1. The highest BCUT2D eigenvalue weighted by molar-refractivity contribution is 7.19. The van der Waals surface area contributed by atoms with Crippen LogP contribution in [-0.2, 0) is 11.3 Å². The third kappa shape index (κ3) is 4.06. The summed E-state index contributed by atoms with van der Waals surface area (Å²) >= 11 is 8.41. The lowest BCUT2D eigenvalue weighted by Gasteiger charge is -2.32. The van der Waals surface area contributed by atoms with Crippen LogP contribution in [0.1, 0.15) is 30.6 Å². The molecule has 2 aromatic rings. The number of nitrogens with one attached hydrogen (secondary N) is 2. The molecule has 1 aromatic carbocycles. The molecule has 2 aliphatic rings. The number of carbonyl (C=O) groups excluding carboxylic acids is 1. The van der Waals surface area contributed by atoms with Crippen molar-refractivity contribution in [3.63, 3.8) is 0 Å². The fourth-order valence-electron chi connectivity index (χ4n) is 4.11. The molecule has 0 saturated carbocycles. The van der Waals surface area contributed by atoms with Crippen LogP contribution in [0.25, 0.3) is 10.1 Å². The molecule has 2 aliphatic heterocycles. The molecule has 4 nitrogen and oxygen atoms in total. The van der Waals surface area contributed by atoms with E-state index in [4.69, 9.17) is 11.6 Å². The second kappa shape index (κ2) is 8.26. The molecule has 2 N–H and O–H groups in total. The smallest absolute Gasteiger partial charge is 0.237 e. The zero-order chi connectivity index (χ0) is 17.9. The lowest BCUT2D eigenvalue weighted by atomic mass is 9.97. The van der Waals surface area contributed by atoms with Crippen LogP contribution >= 0.6 is 22.9 Å². The van der Waals surface area contributed by atoms with E-state index in [0.29, 0.717) is 5.92 Å². The first-order chi connectivity index (χ1) is 12.7. The van der Waals surface area contributed by atoms with Crippen molar-refractivity contribution in [3.05, 3.63) is 34.2 Å². The summed E-state index contributed by atoms with van der Waals surface area (Å²) in [4.78, 5) is 15.9. The van der Waals surface area contributed by atoms with Gasteiger partial charge in [-0.2, -0.15) is 0 Å². The summed E-state index contributed by atoms with van der Waals surface area (Å²) in [6, 6.07) is 8.37. The van der Waals surface area contributed by atoms with Gasteiger partial charge in [-0.3, -0.25) is 9.69 Å². The maximum Gasteiger partial charge on any atom is 0.237 e. The van der Waals surface area contributed by atoms with Gasteiger partial charge in [0.15, 0.2) is 0 Å². The Morgan fingerprint density at radius 2 is 2.19 bits per heavy atom. The van der Waals surface area contributed by atoms with Gasteiger partial charge < -0.3 is 10.6 Å². The van der Waals surface area contributed by atoms with E-state index in [0.717, 1.165) is 50.6 Å². The molecule has 2 fully saturated rings. The summed E-state index contributed by atoms with van der Waals surface area (Å²) < 4.78 is 1.26. The average Bonchev–Trinajstić information content (AvgIpc) is 3.30. The minimum atomic E-state index is 0.0204. The topological polar surface area (TPSA) is 44.4 Å². The van der Waals surface area contributed by atoms with E-state index in [2.05, 4.69) is 33.7 Å². The zero-order valence-electron chi connectivity index (χ0n) is 15.0. The van der Waals surface area contributed by atoms with E-state index in [-0.39, 0.29) is 11.9 Å². The highest BCUT2D eigenvalue weighted by Gasteiger charge is 2.25. The first-order valence-corrected chi connectivity index (χ1v) is 10.8. The molecule has 2 atom stereocenters. The van der Waals surface area contributed by atoms with Crippen molar-refractivity contribution in [1.29, 1.82) is 0 Å². The Kier molecular flexibility index (Phi) is 5.79. The highest BCUT2D eigenvalue weighted by Crippen LogP contribution is 2.36. The van der Waals surface area contributed by atoms with E-state index < -0.39 is 0 Å². The summed E-state index contributed by atoms with van der Waals surface area (Å²) in [7, 11) is 0. The number of thiophene rings is 1. The molecule has 6 heteroatoms. The van der Waals surface area contributed by atoms with Gasteiger partial charge >= 0.3 is 0 Å². The molecule has 2 unspecified atom stereocenters. The van der Waals surface area contributed by atoms with Crippen molar-refractivity contribution >= 4 is 38.9 Å². The molecular weight excluding hydrogens is 366 g/mol. The summed E-state index contributed by atoms with van der Waals surface area (Å²) in [6.07, 6.45) is 4.44. The molecule has 0 aliphatic carbocycles. The predicted molar refractivity (Wildman–Crippen MR) is 109 cm³/mol. The van der Waals surface area contributed by atoms with Gasteiger partial charge in [0.25, 0.3) is 0 Å². The Labute approximate surface area is 163 Å². The van der Waals surface area contributed by atoms with Gasteiger partial charge in [-0.05, 0) is 50.8 Å². The van der Waals surface area contributed by atoms with E-state index in [1.807, 2.05) is 6.07 Å². The minimum Gasteiger partial charge on any atom is -0.354 e. The molecule has 0 spiro atoms. The van der Waals surface area contributed by atoms with Crippen molar-refractivity contribution in [2.75, 3.05) is 26.2 Å². The van der Waals surface area contributed by atoms with Crippen molar-refractivity contribution < 1.29 is 4.79 Å². The Morgan fingerprint density at radius 1 is 1.31 bits per heavy atom. The van der Waals surface area contributed by atoms with E-state index >= 15 is 0 Å². The molecular formula is C20H26ClN3OS. The van der Waals surface area contributed by atoms with Crippen LogP contribution in [0.3, 0.4) is 0 Å². The Balaban J connectivity index is 1.33. The van der Waals surface area contributed by atoms with Crippen molar-refractivity contribution in [2.24, 2.45) is 5.92 Å². The quantitative estimate of drug-likeness (QED) is 0.817. The van der Waals surface area contributed by atoms with Gasteiger partial charge in [-0.15, -0.1) is 11.3 Å². The zero-order valence-corrected chi connectivity index (χ0v) is 16.5. The summed E-state index contributed by atoms with van der Waals surface area (Å²) in [5.41, 5.74) is 0. The number of fused-ring (bicyclic) bond motifs is 1. The van der Waals surface area contributed by atoms with E-state index in [1.165, 1.54) is 27.8 Å². The molecule has 0 bridgehead atoms. The SMILES string of the molecule is O=C(NCC1CCCN(Cc2sc3ccccc3c2Cl)C1)C1CCCN1. The Bertz CT molecular complexity index is 772. The van der Waals surface area contributed by atoms with Crippen molar-refractivity contribution in [3.8, 4) is 0 Å². The van der Waals surface area contributed by atoms with Gasteiger partial charge in [0.2, 0.25) is 5.91 Å². The number of likely N-dealkylation sites (tertiary alicyclic amines) is 1. The van der Waals surface area contributed by atoms with Crippen LogP contribution in [0.15, 0.2) is 24.3 Å². The largest absolute Gasteiger partial charge is 0.354 e. The van der Waals surface area contributed by atoms with Crippen LogP contribution < -0.4 is 10.6 Å². The number of carbonyl (C=O) groups is 1. The normalized spacial score (nSPS) is 24.2. The van der Waals surface area contributed by atoms with Crippen molar-refractivity contribution in [2.45, 2.75) is 38.3 Å². The van der Waals surface area contributed by atoms with Gasteiger partial charge in [0.1, 0.15) is 0 Å². The van der Waals surface area contributed by atoms with Gasteiger partial charge in [-0.25, -0.2) is 0 Å². The van der Waals surface area contributed by atoms with Crippen LogP contribution in [0, 0.1) is 5.92 Å². The number of halogens is 1. The maximum atomic E-state index is 12.2. The second-order valence-electron chi connectivity index (χ2n) is 7.47. The van der Waals surface area contributed by atoms with Crippen LogP contribution in [-0.4, -0.2) is 43.0 Å². The van der Waals surface area contributed by atoms with E-state index in [1.54, 1.807) is 11.3 Å². The molecule has 4 rings (SSSR count). The molecule has 2 saturated heterocycles. The fourth-order valence-corrected chi connectivity index (χ4v) is 5.64. The lowest BCUT2D eigenvalue weighted by Crippen LogP contribution is -2.45. The predicted octanol–water partition coefficient (Wildman–Crippen LogP) is 3.63. The molecule has 3 heterocycles. The fraction of sp³-hybridized carbons (Fsp3) is 0.550. The molecule has 140 valence electrons. The van der Waals surface area contributed by atoms with Gasteiger partial charge in [-0.1, -0.05) is 29.8 Å². The maximum absolute atomic E-state index is 12.2. The monoisotopic (exact) mass is 391 g/mol. The van der Waals surface area contributed by atoms with Crippen LogP contribution in [0.5, 0.6) is 0 Å².